The Morgan fingerprint density at radius 1 is 1.20 bits per heavy atom. The van der Waals surface area contributed by atoms with Crippen molar-refractivity contribution in [1.29, 1.82) is 0 Å². The van der Waals surface area contributed by atoms with Crippen molar-refractivity contribution < 1.29 is 18.5 Å². The summed E-state index contributed by atoms with van der Waals surface area (Å²) in [6.45, 7) is 1.75. The molecule has 0 N–H and O–H groups in total. The van der Waals surface area contributed by atoms with Gasteiger partial charge in [-0.05, 0) is 43.9 Å². The van der Waals surface area contributed by atoms with Gasteiger partial charge in [0.1, 0.15) is 13.2 Å². The van der Waals surface area contributed by atoms with Crippen molar-refractivity contribution in [2.24, 2.45) is 4.36 Å². The summed E-state index contributed by atoms with van der Waals surface area (Å²) in [4.78, 5) is 15.2. The molecular weight excluding hydrogens is 340 g/mol. The van der Waals surface area contributed by atoms with Gasteiger partial charge in [0.05, 0.1) is 11.3 Å². The molecule has 0 aromatic heterocycles. The minimum Gasteiger partial charge on any atom is -0.486 e. The zero-order valence-corrected chi connectivity index (χ0v) is 15.3. The predicted molar refractivity (Wildman–Crippen MR) is 95.9 cm³/mol. The highest BCUT2D eigenvalue weighted by atomic mass is 32.2. The van der Waals surface area contributed by atoms with Gasteiger partial charge in [0, 0.05) is 34.6 Å². The molecule has 136 valence electrons. The van der Waals surface area contributed by atoms with Crippen LogP contribution in [0.2, 0.25) is 0 Å². The minimum absolute atomic E-state index is 0.00535. The first kappa shape index (κ1) is 16.7. The van der Waals surface area contributed by atoms with Crippen LogP contribution in [0.4, 0.5) is 0 Å². The second-order valence-electron chi connectivity index (χ2n) is 7.05. The average Bonchev–Trinajstić information content (AvgIpc) is 3.03. The number of rotatable bonds is 1. The number of fused-ring (bicyclic) bond motifs is 1. The van der Waals surface area contributed by atoms with Crippen molar-refractivity contribution in [2.75, 3.05) is 38.3 Å². The average molecular weight is 364 g/mol. The van der Waals surface area contributed by atoms with E-state index in [-0.39, 0.29) is 11.4 Å². The van der Waals surface area contributed by atoms with Crippen LogP contribution in [0.15, 0.2) is 22.6 Å². The van der Waals surface area contributed by atoms with Crippen LogP contribution >= 0.6 is 0 Å². The van der Waals surface area contributed by atoms with Gasteiger partial charge in [-0.15, -0.1) is 0 Å². The van der Waals surface area contributed by atoms with E-state index in [2.05, 4.69) is 4.36 Å². The van der Waals surface area contributed by atoms with E-state index in [1.807, 2.05) is 4.90 Å². The zero-order valence-electron chi connectivity index (χ0n) is 14.5. The molecule has 1 amide bonds. The van der Waals surface area contributed by atoms with Gasteiger partial charge in [0.2, 0.25) is 0 Å². The quantitative estimate of drug-likeness (QED) is 0.767. The third kappa shape index (κ3) is 2.88. The molecule has 0 saturated carbocycles. The van der Waals surface area contributed by atoms with E-state index < -0.39 is 9.73 Å². The van der Waals surface area contributed by atoms with E-state index in [4.69, 9.17) is 9.47 Å². The Hall–Kier alpha value is -1.76. The van der Waals surface area contributed by atoms with Gasteiger partial charge >= 0.3 is 0 Å². The highest BCUT2D eigenvalue weighted by Crippen LogP contribution is 2.40. The Bertz CT molecular complexity index is 815. The molecule has 0 aliphatic carbocycles. The molecule has 0 bridgehead atoms. The van der Waals surface area contributed by atoms with Crippen LogP contribution in [0.3, 0.4) is 0 Å². The molecule has 25 heavy (non-hydrogen) atoms. The largest absolute Gasteiger partial charge is 0.486 e. The van der Waals surface area contributed by atoms with Crippen LogP contribution < -0.4 is 9.47 Å². The number of carbonyl (C=O) groups is 1. The van der Waals surface area contributed by atoms with Crippen molar-refractivity contribution >= 4 is 15.6 Å². The van der Waals surface area contributed by atoms with Crippen molar-refractivity contribution in [3.63, 3.8) is 0 Å². The fourth-order valence-electron chi connectivity index (χ4n) is 4.34. The maximum Gasteiger partial charge on any atom is 0.254 e. The van der Waals surface area contributed by atoms with Crippen molar-refractivity contribution in [1.82, 2.24) is 4.90 Å². The first-order valence-electron chi connectivity index (χ1n) is 8.88. The fraction of sp³-hybridized carbons (Fsp3) is 0.611. The van der Waals surface area contributed by atoms with Gasteiger partial charge in [-0.1, -0.05) is 0 Å². The summed E-state index contributed by atoms with van der Waals surface area (Å²) in [6.07, 6.45) is 3.64. The lowest BCUT2D eigenvalue weighted by molar-refractivity contribution is 0.0608. The lowest BCUT2D eigenvalue weighted by Crippen LogP contribution is -2.54. The molecule has 2 saturated heterocycles. The molecule has 2 unspecified atom stereocenters. The number of amides is 1. The Balaban J connectivity index is 1.64. The van der Waals surface area contributed by atoms with Crippen LogP contribution in [0.1, 0.15) is 36.0 Å². The topological polar surface area (TPSA) is 68.2 Å². The Labute approximate surface area is 148 Å². The summed E-state index contributed by atoms with van der Waals surface area (Å²) in [5.41, 5.74) is 0.301. The van der Waals surface area contributed by atoms with Crippen LogP contribution in [0, 0.1) is 0 Å². The second-order valence-corrected chi connectivity index (χ2v) is 9.66. The summed E-state index contributed by atoms with van der Waals surface area (Å²) < 4.78 is 28.2. The van der Waals surface area contributed by atoms with E-state index in [0.29, 0.717) is 48.3 Å². The first-order valence-corrected chi connectivity index (χ1v) is 10.7. The number of likely N-dealkylation sites (tertiary alicyclic amines) is 1. The standard InChI is InChI=1S/C18H24N2O4S/c1-19-25(22)11-3-7-18(13-25)6-2-8-20(18)17(21)14-4-5-15-16(12-14)24-10-9-23-15/h4-5,12H,2-3,6-11,13H2,1H3. The van der Waals surface area contributed by atoms with Gasteiger partial charge in [-0.2, -0.15) is 0 Å². The normalized spacial score (nSPS) is 31.2. The van der Waals surface area contributed by atoms with Crippen molar-refractivity contribution in [3.8, 4) is 11.5 Å². The van der Waals surface area contributed by atoms with Crippen LogP contribution in [-0.4, -0.2) is 58.9 Å². The number of hydrogen-bond donors (Lipinski definition) is 0. The highest BCUT2D eigenvalue weighted by molar-refractivity contribution is 7.93. The molecule has 0 radical (unpaired) electrons. The van der Waals surface area contributed by atoms with Gasteiger partial charge in [0.25, 0.3) is 5.91 Å². The van der Waals surface area contributed by atoms with Gasteiger partial charge in [-0.25, -0.2) is 8.57 Å². The molecule has 1 aromatic carbocycles. The second kappa shape index (κ2) is 6.20. The molecule has 2 fully saturated rings. The summed E-state index contributed by atoms with van der Waals surface area (Å²) in [7, 11) is -0.554. The fourth-order valence-corrected chi connectivity index (χ4v) is 6.68. The van der Waals surface area contributed by atoms with E-state index in [1.54, 1.807) is 25.2 Å². The molecule has 6 nitrogen and oxygen atoms in total. The molecule has 1 aromatic rings. The maximum absolute atomic E-state index is 13.2. The smallest absolute Gasteiger partial charge is 0.254 e. The lowest BCUT2D eigenvalue weighted by Gasteiger charge is -2.42. The first-order chi connectivity index (χ1) is 12.1. The van der Waals surface area contributed by atoms with Crippen LogP contribution in [0.5, 0.6) is 11.5 Å². The minimum atomic E-state index is -2.20. The summed E-state index contributed by atoms with van der Waals surface area (Å²) >= 11 is 0. The van der Waals surface area contributed by atoms with E-state index in [1.165, 1.54) is 0 Å². The third-order valence-corrected chi connectivity index (χ3v) is 8.14. The summed E-state index contributed by atoms with van der Waals surface area (Å²) in [5, 5.41) is 0. The molecule has 1 spiro atoms. The van der Waals surface area contributed by atoms with E-state index in [9.17, 15) is 9.00 Å². The van der Waals surface area contributed by atoms with Gasteiger partial charge in [0.15, 0.2) is 11.5 Å². The van der Waals surface area contributed by atoms with Gasteiger partial charge < -0.3 is 14.4 Å². The van der Waals surface area contributed by atoms with Gasteiger partial charge in [-0.3, -0.25) is 4.79 Å². The molecule has 3 aliphatic heterocycles. The number of carbonyl (C=O) groups excluding carboxylic acids is 1. The molecule has 7 heteroatoms. The molecular formula is C18H24N2O4S. The van der Waals surface area contributed by atoms with Crippen LogP contribution in [-0.2, 0) is 9.73 Å². The lowest BCUT2D eigenvalue weighted by atomic mass is 9.92. The SMILES string of the molecule is CN=S1(=O)CCCC2(CCCN2C(=O)c2ccc3c(c2)OCCO3)C1. The van der Waals surface area contributed by atoms with Crippen molar-refractivity contribution in [3.05, 3.63) is 23.8 Å². The number of nitrogens with zero attached hydrogens (tertiary/aromatic N) is 2. The third-order valence-electron chi connectivity index (χ3n) is 5.56. The molecule has 4 rings (SSSR count). The Kier molecular flexibility index (Phi) is 4.14. The zero-order chi connectivity index (χ0) is 17.5. The van der Waals surface area contributed by atoms with E-state index in [0.717, 1.165) is 25.7 Å². The summed E-state index contributed by atoms with van der Waals surface area (Å²) in [5.74, 6) is 2.46. The number of hydrogen-bond acceptors (Lipinski definition) is 5. The van der Waals surface area contributed by atoms with Crippen molar-refractivity contribution in [2.45, 2.75) is 31.2 Å². The number of benzene rings is 1. The predicted octanol–water partition coefficient (Wildman–Crippen LogP) is 2.32. The molecule has 3 heterocycles. The summed E-state index contributed by atoms with van der Waals surface area (Å²) in [6, 6.07) is 5.37. The Morgan fingerprint density at radius 2 is 1.96 bits per heavy atom. The van der Waals surface area contributed by atoms with E-state index >= 15 is 0 Å². The van der Waals surface area contributed by atoms with Crippen LogP contribution in [0.25, 0.3) is 0 Å². The molecule has 2 atom stereocenters. The Morgan fingerprint density at radius 3 is 2.76 bits per heavy atom. The maximum atomic E-state index is 13.2. The number of ether oxygens (including phenoxy) is 2. The molecule has 3 aliphatic rings. The highest BCUT2D eigenvalue weighted by Gasteiger charge is 2.47. The monoisotopic (exact) mass is 364 g/mol.